The zero-order valence-electron chi connectivity index (χ0n) is 18.9. The van der Waals surface area contributed by atoms with E-state index >= 15 is 0 Å². The van der Waals surface area contributed by atoms with Gasteiger partial charge in [-0.3, -0.25) is 9.59 Å². The topological polar surface area (TPSA) is 86.8 Å². The molecule has 0 aliphatic rings. The summed E-state index contributed by atoms with van der Waals surface area (Å²) >= 11 is 11.8. The Labute approximate surface area is 205 Å². The number of unbranched alkanes of at least 4 members (excludes halogenated alkanes) is 1. The molecule has 0 saturated heterocycles. The lowest BCUT2D eigenvalue weighted by atomic mass is 10.1. The highest BCUT2D eigenvalue weighted by Gasteiger charge is 2.30. The minimum absolute atomic E-state index is 0.0248. The average molecular weight is 514 g/mol. The van der Waals surface area contributed by atoms with Gasteiger partial charge in [-0.15, -0.1) is 0 Å². The highest BCUT2D eigenvalue weighted by molar-refractivity contribution is 7.89. The van der Waals surface area contributed by atoms with Crippen LogP contribution in [0, 0.1) is 0 Å². The summed E-state index contributed by atoms with van der Waals surface area (Å²) in [4.78, 5) is 27.3. The summed E-state index contributed by atoms with van der Waals surface area (Å²) in [5.41, 5.74) is 0.768. The molecule has 0 spiro atoms. The number of hydrogen-bond acceptors (Lipinski definition) is 4. The number of halogens is 2. The molecule has 0 bridgehead atoms. The average Bonchev–Trinajstić information content (AvgIpc) is 2.78. The standard InChI is InChI=1S/C23H29Cl2N3O4S/c1-4-5-14-26-23(30)17(2)28(15-18-6-8-19(24)9-7-18)22(29)16-27(3)33(31,32)21-12-10-20(25)11-13-21/h6-13,17H,4-5,14-16H2,1-3H3,(H,26,30)/t17-/m0/s1. The van der Waals surface area contributed by atoms with Crippen molar-refractivity contribution in [3.63, 3.8) is 0 Å². The fourth-order valence-corrected chi connectivity index (χ4v) is 4.43. The first-order valence-electron chi connectivity index (χ1n) is 10.6. The minimum Gasteiger partial charge on any atom is -0.354 e. The van der Waals surface area contributed by atoms with Gasteiger partial charge in [-0.05, 0) is 55.3 Å². The van der Waals surface area contributed by atoms with Crippen LogP contribution in [0.25, 0.3) is 0 Å². The Balaban J connectivity index is 2.22. The minimum atomic E-state index is -3.92. The molecule has 0 heterocycles. The third kappa shape index (κ3) is 7.71. The Morgan fingerprint density at radius 2 is 1.55 bits per heavy atom. The number of nitrogens with zero attached hydrogens (tertiary/aromatic N) is 2. The van der Waals surface area contributed by atoms with Crippen molar-refractivity contribution >= 4 is 45.0 Å². The van der Waals surface area contributed by atoms with Crippen molar-refractivity contribution in [3.05, 3.63) is 64.1 Å². The fourth-order valence-electron chi connectivity index (χ4n) is 3.06. The quantitative estimate of drug-likeness (QED) is 0.460. The zero-order chi connectivity index (χ0) is 24.6. The van der Waals surface area contributed by atoms with Gasteiger partial charge in [-0.25, -0.2) is 8.42 Å². The molecule has 10 heteroatoms. The fraction of sp³-hybridized carbons (Fsp3) is 0.391. The van der Waals surface area contributed by atoms with Crippen molar-refractivity contribution < 1.29 is 18.0 Å². The molecule has 2 rings (SSSR count). The van der Waals surface area contributed by atoms with Gasteiger partial charge in [0.15, 0.2) is 0 Å². The first kappa shape index (κ1) is 27.1. The van der Waals surface area contributed by atoms with Crippen LogP contribution >= 0.6 is 23.2 Å². The summed E-state index contributed by atoms with van der Waals surface area (Å²) in [5, 5.41) is 3.79. The number of amides is 2. The van der Waals surface area contributed by atoms with Gasteiger partial charge in [0.1, 0.15) is 6.04 Å². The first-order valence-corrected chi connectivity index (χ1v) is 12.8. The van der Waals surface area contributed by atoms with Crippen molar-refractivity contribution in [2.75, 3.05) is 20.1 Å². The van der Waals surface area contributed by atoms with E-state index in [4.69, 9.17) is 23.2 Å². The van der Waals surface area contributed by atoms with Crippen molar-refractivity contribution in [1.82, 2.24) is 14.5 Å². The predicted molar refractivity (Wildman–Crippen MR) is 131 cm³/mol. The number of carbonyl (C=O) groups excluding carboxylic acids is 2. The molecule has 0 unspecified atom stereocenters. The summed E-state index contributed by atoms with van der Waals surface area (Å²) in [6, 6.07) is 11.8. The molecule has 0 aromatic heterocycles. The van der Waals surface area contributed by atoms with E-state index in [2.05, 4.69) is 5.32 Å². The number of nitrogens with one attached hydrogen (secondary N) is 1. The Hall–Kier alpha value is -2.13. The molecule has 0 saturated carbocycles. The SMILES string of the molecule is CCCCNC(=O)[C@H](C)N(Cc1ccc(Cl)cc1)C(=O)CN(C)S(=O)(=O)c1ccc(Cl)cc1. The molecule has 2 aromatic rings. The lowest BCUT2D eigenvalue weighted by Gasteiger charge is -2.30. The Morgan fingerprint density at radius 3 is 2.09 bits per heavy atom. The first-order chi connectivity index (χ1) is 15.6. The maximum absolute atomic E-state index is 13.2. The summed E-state index contributed by atoms with van der Waals surface area (Å²) in [7, 11) is -2.59. The van der Waals surface area contributed by atoms with E-state index < -0.39 is 28.5 Å². The lowest BCUT2D eigenvalue weighted by molar-refractivity contribution is -0.140. The van der Waals surface area contributed by atoms with Crippen LogP contribution in [0.4, 0.5) is 0 Å². The van der Waals surface area contributed by atoms with Crippen LogP contribution in [0.1, 0.15) is 32.3 Å². The number of likely N-dealkylation sites (N-methyl/N-ethyl adjacent to an activating group) is 1. The van der Waals surface area contributed by atoms with Gasteiger partial charge >= 0.3 is 0 Å². The molecule has 2 aromatic carbocycles. The van der Waals surface area contributed by atoms with Gasteiger partial charge in [-0.2, -0.15) is 4.31 Å². The highest BCUT2D eigenvalue weighted by atomic mass is 35.5. The lowest BCUT2D eigenvalue weighted by Crippen LogP contribution is -2.50. The Kier molecular flexibility index (Phi) is 10.2. The van der Waals surface area contributed by atoms with Crippen molar-refractivity contribution in [2.24, 2.45) is 0 Å². The second-order valence-corrected chi connectivity index (χ2v) is 10.6. The van der Waals surface area contributed by atoms with Gasteiger partial charge < -0.3 is 10.2 Å². The maximum Gasteiger partial charge on any atom is 0.243 e. The third-order valence-electron chi connectivity index (χ3n) is 5.14. The van der Waals surface area contributed by atoms with Crippen molar-refractivity contribution in [2.45, 2.75) is 44.2 Å². The largest absolute Gasteiger partial charge is 0.354 e. The van der Waals surface area contributed by atoms with Crippen LogP contribution in [-0.2, 0) is 26.2 Å². The van der Waals surface area contributed by atoms with Gasteiger partial charge in [-0.1, -0.05) is 48.7 Å². The van der Waals surface area contributed by atoms with E-state index in [1.165, 1.54) is 36.2 Å². The molecule has 180 valence electrons. The van der Waals surface area contributed by atoms with E-state index in [-0.39, 0.29) is 17.3 Å². The van der Waals surface area contributed by atoms with Crippen LogP contribution in [0.5, 0.6) is 0 Å². The summed E-state index contributed by atoms with van der Waals surface area (Å²) < 4.78 is 26.8. The second kappa shape index (κ2) is 12.4. The maximum atomic E-state index is 13.2. The van der Waals surface area contributed by atoms with E-state index in [1.807, 2.05) is 6.92 Å². The van der Waals surface area contributed by atoms with Crippen LogP contribution in [0.2, 0.25) is 10.0 Å². The number of benzene rings is 2. The van der Waals surface area contributed by atoms with Crippen LogP contribution in [-0.4, -0.2) is 55.6 Å². The smallest absolute Gasteiger partial charge is 0.243 e. The summed E-state index contributed by atoms with van der Waals surface area (Å²) in [6.07, 6.45) is 1.75. The molecule has 7 nitrogen and oxygen atoms in total. The molecule has 2 amide bonds. The molecular weight excluding hydrogens is 485 g/mol. The monoisotopic (exact) mass is 513 g/mol. The van der Waals surface area contributed by atoms with Gasteiger partial charge in [0.25, 0.3) is 0 Å². The second-order valence-electron chi connectivity index (χ2n) is 7.68. The van der Waals surface area contributed by atoms with Crippen LogP contribution in [0.15, 0.2) is 53.4 Å². The van der Waals surface area contributed by atoms with Crippen molar-refractivity contribution in [1.29, 1.82) is 0 Å². The highest BCUT2D eigenvalue weighted by Crippen LogP contribution is 2.19. The van der Waals surface area contributed by atoms with Crippen LogP contribution < -0.4 is 5.32 Å². The molecular formula is C23H29Cl2N3O4S. The normalized spacial score (nSPS) is 12.4. The number of hydrogen-bond donors (Lipinski definition) is 1. The van der Waals surface area contributed by atoms with E-state index in [0.29, 0.717) is 16.6 Å². The summed E-state index contributed by atoms with van der Waals surface area (Å²) in [5.74, 6) is -0.794. The Morgan fingerprint density at radius 1 is 1.00 bits per heavy atom. The molecule has 33 heavy (non-hydrogen) atoms. The number of sulfonamides is 1. The van der Waals surface area contributed by atoms with Gasteiger partial charge in [0.2, 0.25) is 21.8 Å². The number of rotatable bonds is 11. The zero-order valence-corrected chi connectivity index (χ0v) is 21.3. The predicted octanol–water partition coefficient (Wildman–Crippen LogP) is 3.95. The third-order valence-corrected chi connectivity index (χ3v) is 7.46. The van der Waals surface area contributed by atoms with Gasteiger partial charge in [0, 0.05) is 30.2 Å². The molecule has 1 N–H and O–H groups in total. The molecule has 0 aliphatic carbocycles. The van der Waals surface area contributed by atoms with Crippen LogP contribution in [0.3, 0.4) is 0 Å². The van der Waals surface area contributed by atoms with E-state index in [9.17, 15) is 18.0 Å². The molecule has 0 aliphatic heterocycles. The van der Waals surface area contributed by atoms with E-state index in [0.717, 1.165) is 22.7 Å². The number of carbonyl (C=O) groups is 2. The molecule has 0 fully saturated rings. The van der Waals surface area contributed by atoms with Crippen molar-refractivity contribution in [3.8, 4) is 0 Å². The van der Waals surface area contributed by atoms with Gasteiger partial charge in [0.05, 0.1) is 11.4 Å². The molecule has 0 radical (unpaired) electrons. The summed E-state index contributed by atoms with van der Waals surface area (Å²) in [6.45, 7) is 3.86. The molecule has 1 atom stereocenters. The Bertz CT molecular complexity index is 1040. The van der Waals surface area contributed by atoms with E-state index in [1.54, 1.807) is 31.2 Å².